The molecule has 0 saturated heterocycles. The molecule has 0 bridgehead atoms. The first-order valence-electron chi connectivity index (χ1n) is 1.14. The van der Waals surface area contributed by atoms with Crippen molar-refractivity contribution in [3.8, 4) is 12.3 Å². The van der Waals surface area contributed by atoms with E-state index in [-0.39, 0.29) is 58.7 Å². The molecular weight excluding hydrogens is 200 g/mol. The molecule has 0 aromatic heterocycles. The second-order valence-corrected chi connectivity index (χ2v) is 0.454. The number of hydrogen-bond acceptors (Lipinski definition) is 0. The molecule has 0 atom stereocenters. The molecule has 0 N–H and O–H groups in total. The van der Waals surface area contributed by atoms with Gasteiger partial charge in [0.25, 0.3) is 0 Å². The van der Waals surface area contributed by atoms with Gasteiger partial charge < -0.3 is 14.4 Å². The third-order valence-corrected chi connectivity index (χ3v) is 0.144. The van der Waals surface area contributed by atoms with Crippen LogP contribution in [0, 0.1) is 26.7 Å². The van der Waals surface area contributed by atoms with Gasteiger partial charge in [0.2, 0.25) is 0 Å². The van der Waals surface area contributed by atoms with Crippen LogP contribution in [0.25, 0.3) is 0 Å². The minimum atomic E-state index is 0. The van der Waals surface area contributed by atoms with Gasteiger partial charge in [-0.05, 0) is 0 Å². The van der Waals surface area contributed by atoms with E-state index in [1.807, 2.05) is 0 Å². The molecule has 0 saturated carbocycles. The van der Waals surface area contributed by atoms with Crippen LogP contribution in [0.2, 0.25) is 0 Å². The van der Waals surface area contributed by atoms with Crippen LogP contribution >= 0.6 is 0 Å². The Kier molecular flexibility index (Phi) is 92.0. The Morgan fingerprint density at radius 3 is 1.71 bits per heavy atom. The van der Waals surface area contributed by atoms with Gasteiger partial charge in [-0.1, -0.05) is 0 Å². The summed E-state index contributed by atoms with van der Waals surface area (Å²) >= 11 is 0. The van der Waals surface area contributed by atoms with Crippen LogP contribution in [0.5, 0.6) is 0 Å². The summed E-state index contributed by atoms with van der Waals surface area (Å²) in [5.41, 5.74) is 0. The van der Waals surface area contributed by atoms with E-state index in [1.54, 1.807) is 0 Å². The molecule has 2 radical (unpaired) electrons. The van der Waals surface area contributed by atoms with Crippen LogP contribution < -0.4 is 0 Å². The Hall–Kier alpha value is 1.25. The van der Waals surface area contributed by atoms with E-state index < -0.39 is 0 Å². The third-order valence-electron chi connectivity index (χ3n) is 0.144. The minimum absolute atomic E-state index is 0. The second kappa shape index (κ2) is 26.8. The molecule has 0 heterocycles. The summed E-state index contributed by atoms with van der Waals surface area (Å²) in [5.74, 6) is 2.32. The first-order valence-corrected chi connectivity index (χ1v) is 1.14. The topological polar surface area (TPSA) is 0 Å². The van der Waals surface area contributed by atoms with E-state index in [4.69, 9.17) is 6.42 Å². The average Bonchev–Trinajstić information content (AvgIpc) is 1.37. The number of terminal acetylenes is 1. The Labute approximate surface area is 83.6 Å². The zero-order valence-electron chi connectivity index (χ0n) is 4.52. The van der Waals surface area contributed by atoms with Crippen LogP contribution in [0.4, 0.5) is 0 Å². The smallest absolute Gasteiger partial charge is 0 e. The first kappa shape index (κ1) is 24.0. The van der Waals surface area contributed by atoms with Crippen LogP contribution in [0.3, 0.4) is 0 Å². The molecule has 0 aromatic carbocycles. The Morgan fingerprint density at radius 1 is 1.57 bits per heavy atom. The molecule has 38 valence electrons. The summed E-state index contributed by atoms with van der Waals surface area (Å²) in [5, 5.41) is 0. The second-order valence-electron chi connectivity index (χ2n) is 0.454. The van der Waals surface area contributed by atoms with Crippen molar-refractivity contribution in [2.45, 2.75) is 6.42 Å². The van der Waals surface area contributed by atoms with Crippen molar-refractivity contribution in [3.05, 3.63) is 14.4 Å². The summed E-state index contributed by atoms with van der Waals surface area (Å²) < 4.78 is 0. The third kappa shape index (κ3) is 39.5. The van der Waals surface area contributed by atoms with E-state index >= 15 is 0 Å². The van der Waals surface area contributed by atoms with Crippen LogP contribution in [-0.2, 0) is 51.3 Å². The molecule has 0 aliphatic heterocycles. The van der Waals surface area contributed by atoms with Crippen molar-refractivity contribution in [3.63, 3.8) is 0 Å². The molecule has 0 amide bonds. The minimum Gasteiger partial charge on any atom is -0.358 e. The summed E-state index contributed by atoms with van der Waals surface area (Å²) in [6.45, 7) is 3.37. The van der Waals surface area contributed by atoms with Gasteiger partial charge in [-0.15, -0.1) is 18.8 Å². The van der Waals surface area contributed by atoms with Crippen molar-refractivity contribution in [1.29, 1.82) is 0 Å². The molecule has 0 spiro atoms. The van der Waals surface area contributed by atoms with E-state index in [9.17, 15) is 0 Å². The molecule has 0 nitrogen and oxygen atoms in total. The molecule has 0 rings (SSSR count). The Morgan fingerprint density at radius 2 is 1.71 bits per heavy atom. The van der Waals surface area contributed by atoms with Gasteiger partial charge in [0, 0.05) is 51.3 Å². The maximum atomic E-state index is 4.72. The van der Waals surface area contributed by atoms with Crippen LogP contribution in [0.1, 0.15) is 6.42 Å². The zero-order valence-corrected chi connectivity index (χ0v) is 8.75. The predicted octanol–water partition coefficient (Wildman–Crippen LogP) is 1.29. The predicted molar refractivity (Wildman–Crippen MR) is 25.2 cm³/mol. The van der Waals surface area contributed by atoms with Gasteiger partial charge in [-0.2, -0.15) is 0 Å². The molecule has 2 heteroatoms. The standard InChI is InChI=1S/C4H5.CH3.V.Y/c1-3-4-2;;;/h1H,2,4H2;1H3;;/q2*-1;;. The van der Waals surface area contributed by atoms with Crippen molar-refractivity contribution >= 4 is 0 Å². The Balaban J connectivity index is -0.0000000150. The number of hydrogen-bond donors (Lipinski definition) is 0. The maximum Gasteiger partial charge on any atom is 0 e. The normalized spacial score (nSPS) is 2.86. The first-order chi connectivity index (χ1) is 1.91. The number of rotatable bonds is 0. The Bertz CT molecular complexity index is 37.8. The fourth-order valence-electron chi connectivity index (χ4n) is 0. The van der Waals surface area contributed by atoms with E-state index in [2.05, 4.69) is 12.8 Å². The molecule has 0 aromatic rings. The van der Waals surface area contributed by atoms with E-state index in [0.29, 0.717) is 6.42 Å². The van der Waals surface area contributed by atoms with Crippen molar-refractivity contribution < 1.29 is 51.3 Å². The van der Waals surface area contributed by atoms with Crippen molar-refractivity contribution in [1.82, 2.24) is 0 Å². The van der Waals surface area contributed by atoms with Crippen LogP contribution in [0.15, 0.2) is 0 Å². The maximum absolute atomic E-state index is 4.72. The fourth-order valence-corrected chi connectivity index (χ4v) is 0. The molecule has 7 heavy (non-hydrogen) atoms. The average molecular weight is 208 g/mol. The van der Waals surface area contributed by atoms with Gasteiger partial charge in [-0.25, -0.2) is 0 Å². The largest absolute Gasteiger partial charge is 0.358 e. The summed E-state index contributed by atoms with van der Waals surface area (Å²) in [6, 6.07) is 0. The SMILES string of the molecule is C#CC[CH2-].[CH3-].[V].[Y]. The molecular formula is C5H8VY-2. The molecule has 0 aliphatic carbocycles. The van der Waals surface area contributed by atoms with Crippen LogP contribution in [-0.4, -0.2) is 0 Å². The van der Waals surface area contributed by atoms with Crippen molar-refractivity contribution in [2.24, 2.45) is 0 Å². The summed E-state index contributed by atoms with van der Waals surface area (Å²) in [6.07, 6.45) is 5.31. The van der Waals surface area contributed by atoms with Gasteiger partial charge in [0.05, 0.1) is 0 Å². The molecule has 0 unspecified atom stereocenters. The van der Waals surface area contributed by atoms with Crippen molar-refractivity contribution in [2.75, 3.05) is 0 Å². The molecule has 0 fully saturated rings. The zero-order chi connectivity index (χ0) is 3.41. The van der Waals surface area contributed by atoms with Gasteiger partial charge >= 0.3 is 0 Å². The molecule has 0 aliphatic rings. The fraction of sp³-hybridized carbons (Fsp3) is 0.200. The quantitative estimate of drug-likeness (QED) is 0.415. The monoisotopic (exact) mass is 208 g/mol. The summed E-state index contributed by atoms with van der Waals surface area (Å²) in [7, 11) is 0. The summed E-state index contributed by atoms with van der Waals surface area (Å²) in [4.78, 5) is 0. The van der Waals surface area contributed by atoms with Gasteiger partial charge in [0.1, 0.15) is 0 Å². The van der Waals surface area contributed by atoms with Gasteiger partial charge in [0.15, 0.2) is 0 Å². The van der Waals surface area contributed by atoms with E-state index in [1.165, 1.54) is 0 Å². The van der Waals surface area contributed by atoms with E-state index in [0.717, 1.165) is 0 Å². The van der Waals surface area contributed by atoms with Gasteiger partial charge in [-0.3, -0.25) is 0 Å².